The molecule has 0 rings (SSSR count). The Labute approximate surface area is 116 Å². The summed E-state index contributed by atoms with van der Waals surface area (Å²) in [5, 5.41) is 8.68. The van der Waals surface area contributed by atoms with E-state index in [1.54, 1.807) is 0 Å². The maximum absolute atomic E-state index is 8.68. The molecule has 0 aliphatic carbocycles. The van der Waals surface area contributed by atoms with Gasteiger partial charge in [0.1, 0.15) is 0 Å². The molecule has 0 aliphatic rings. The smallest absolute Gasteiger partial charge is 0.0431 e. The molecule has 0 radical (unpaired) electrons. The lowest BCUT2D eigenvalue weighted by molar-refractivity contribution is 0.282. The molecular formula is C16H34O. The van der Waals surface area contributed by atoms with Gasteiger partial charge in [-0.1, -0.05) is 90.3 Å². The van der Waals surface area contributed by atoms with Crippen LogP contribution in [-0.2, 0) is 0 Å². The highest BCUT2D eigenvalue weighted by Crippen LogP contribution is 2.12. The van der Waals surface area contributed by atoms with Gasteiger partial charge in [0.05, 0.1) is 0 Å². The van der Waals surface area contributed by atoms with Crippen molar-refractivity contribution in [2.45, 2.75) is 96.7 Å². The Bertz CT molecular complexity index is 271. The Kier molecular flexibility index (Phi) is 9.23. The topological polar surface area (TPSA) is 20.2 Å². The molecule has 0 aromatic heterocycles. The maximum Gasteiger partial charge on any atom is 0.0431 e. The van der Waals surface area contributed by atoms with Gasteiger partial charge >= 0.3 is 0 Å². The van der Waals surface area contributed by atoms with Crippen LogP contribution in [0.1, 0.15) is 104 Å². The van der Waals surface area contributed by atoms with Gasteiger partial charge < -0.3 is 5.11 Å². The first kappa shape index (κ1) is 9.83. The third kappa shape index (κ3) is 16.0. The summed E-state index contributed by atoms with van der Waals surface area (Å²) in [5.74, 6) is 0. The number of aliphatic hydroxyl groups excluding tert-OH is 1. The van der Waals surface area contributed by atoms with Gasteiger partial charge in [0.2, 0.25) is 0 Å². The number of hydrogen-bond acceptors (Lipinski definition) is 1. The minimum absolute atomic E-state index is 0.193. The first-order chi connectivity index (χ1) is 10.3. The molecule has 0 aromatic rings. The number of rotatable bonds is 14. The fourth-order valence-corrected chi connectivity index (χ4v) is 1.73. The lowest BCUT2D eigenvalue weighted by Gasteiger charge is -2.02. The third-order valence-electron chi connectivity index (χ3n) is 2.87. The predicted molar refractivity (Wildman–Crippen MR) is 77.4 cm³/mol. The average Bonchev–Trinajstić information content (AvgIpc) is 2.47. The van der Waals surface area contributed by atoms with E-state index < -0.39 is 19.1 Å². The Morgan fingerprint density at radius 1 is 0.706 bits per heavy atom. The average molecular weight is 247 g/mol. The molecule has 0 aliphatic heterocycles. The quantitative estimate of drug-likeness (QED) is 0.404. The number of aliphatic hydroxyl groups is 1. The van der Waals surface area contributed by atoms with Crippen molar-refractivity contribution in [2.24, 2.45) is 0 Å². The first-order valence-corrected chi connectivity index (χ1v) is 7.32. The van der Waals surface area contributed by atoms with Gasteiger partial charge in [0.15, 0.2) is 0 Å². The molecule has 0 heterocycles. The molecule has 0 amide bonds. The van der Waals surface area contributed by atoms with Crippen LogP contribution in [0.2, 0.25) is 0 Å². The van der Waals surface area contributed by atoms with E-state index in [0.717, 1.165) is 51.4 Å². The van der Waals surface area contributed by atoms with Crippen molar-refractivity contribution in [3.8, 4) is 0 Å². The highest BCUT2D eigenvalue weighted by Gasteiger charge is 1.93. The lowest BCUT2D eigenvalue weighted by atomic mass is 10.0. The third-order valence-corrected chi connectivity index (χ3v) is 2.87. The van der Waals surface area contributed by atoms with Crippen molar-refractivity contribution >= 4 is 0 Å². The molecule has 1 N–H and O–H groups in total. The molecule has 1 heteroatoms. The normalized spacial score (nSPS) is 18.8. The second kappa shape index (κ2) is 16.0. The largest absolute Gasteiger partial charge is 0.396 e. The highest BCUT2D eigenvalue weighted by atomic mass is 16.2. The zero-order chi connectivity index (χ0) is 17.1. The van der Waals surface area contributed by atoms with E-state index in [9.17, 15) is 0 Å². The molecule has 1 atom stereocenters. The van der Waals surface area contributed by atoms with Crippen molar-refractivity contribution in [3.63, 3.8) is 0 Å². The Hall–Kier alpha value is -0.0400. The van der Waals surface area contributed by atoms with Gasteiger partial charge in [-0.15, -0.1) is 0 Å². The van der Waals surface area contributed by atoms with E-state index in [1.807, 2.05) is 6.92 Å². The monoisotopic (exact) mass is 247 g/mol. The minimum Gasteiger partial charge on any atom is -0.396 e. The van der Waals surface area contributed by atoms with Gasteiger partial charge in [0.25, 0.3) is 0 Å². The molecule has 17 heavy (non-hydrogen) atoms. The molecule has 0 saturated carbocycles. The Morgan fingerprint density at radius 2 is 1.29 bits per heavy atom. The molecule has 0 unspecified atom stereocenters. The molecule has 0 aromatic carbocycles. The van der Waals surface area contributed by atoms with Crippen LogP contribution >= 0.6 is 0 Å². The molecule has 0 spiro atoms. The van der Waals surface area contributed by atoms with Crippen LogP contribution in [0.3, 0.4) is 0 Å². The molecule has 0 fully saturated rings. The standard InChI is InChI=1S/C16H34O/c1-2-3-4-5-6-7-8-9-10-11-12-13-14-15-16-17/h17H,2-16H2,1H3/i5D,6D2,7D2/t5-/m0/s1. The molecular weight excluding hydrogens is 208 g/mol. The summed E-state index contributed by atoms with van der Waals surface area (Å²) < 4.78 is 39.9. The fraction of sp³-hybridized carbons (Fsp3) is 1.00. The van der Waals surface area contributed by atoms with Gasteiger partial charge in [-0.05, 0) is 6.42 Å². The SMILES string of the molecule is [2H][C@@H](CCCC)C([2H])([2H])C([2H])([2H])CCCCCCCCCO. The van der Waals surface area contributed by atoms with Crippen LogP contribution in [0.4, 0.5) is 0 Å². The molecule has 1 nitrogen and oxygen atoms in total. The van der Waals surface area contributed by atoms with Crippen molar-refractivity contribution in [1.82, 2.24) is 0 Å². The highest BCUT2D eigenvalue weighted by molar-refractivity contribution is 4.48. The summed E-state index contributed by atoms with van der Waals surface area (Å²) >= 11 is 0. The minimum atomic E-state index is -2.08. The van der Waals surface area contributed by atoms with Gasteiger partial charge in [-0.3, -0.25) is 0 Å². The van der Waals surface area contributed by atoms with Crippen LogP contribution in [0.5, 0.6) is 0 Å². The summed E-state index contributed by atoms with van der Waals surface area (Å²) in [6, 6.07) is 0. The van der Waals surface area contributed by atoms with E-state index in [4.69, 9.17) is 12.0 Å². The molecule has 0 bridgehead atoms. The Balaban J connectivity index is 4.00. The van der Waals surface area contributed by atoms with E-state index in [1.165, 1.54) is 0 Å². The summed E-state index contributed by atoms with van der Waals surface area (Å²) in [7, 11) is 0. The van der Waals surface area contributed by atoms with Crippen molar-refractivity contribution in [1.29, 1.82) is 0 Å². The second-order valence-corrected chi connectivity index (χ2v) is 4.62. The second-order valence-electron chi connectivity index (χ2n) is 4.62. The van der Waals surface area contributed by atoms with Crippen molar-refractivity contribution in [3.05, 3.63) is 0 Å². The molecule has 0 saturated heterocycles. The number of hydrogen-bond donors (Lipinski definition) is 1. The first-order valence-electron chi connectivity index (χ1n) is 9.90. The zero-order valence-corrected chi connectivity index (χ0v) is 11.5. The summed E-state index contributed by atoms with van der Waals surface area (Å²) in [6.45, 7) is 2.25. The van der Waals surface area contributed by atoms with Crippen LogP contribution in [0, 0.1) is 0 Å². The lowest BCUT2D eigenvalue weighted by Crippen LogP contribution is -1.84. The van der Waals surface area contributed by atoms with Crippen LogP contribution in [-0.4, -0.2) is 11.7 Å². The maximum atomic E-state index is 8.68. The van der Waals surface area contributed by atoms with Crippen molar-refractivity contribution in [2.75, 3.05) is 6.61 Å². The summed E-state index contributed by atoms with van der Waals surface area (Å²) in [5.41, 5.74) is 0. The van der Waals surface area contributed by atoms with Crippen LogP contribution in [0.25, 0.3) is 0 Å². The Morgan fingerprint density at radius 3 is 1.88 bits per heavy atom. The van der Waals surface area contributed by atoms with Gasteiger partial charge in [-0.25, -0.2) is 0 Å². The summed E-state index contributed by atoms with van der Waals surface area (Å²) in [4.78, 5) is 0. The van der Waals surface area contributed by atoms with Gasteiger partial charge in [0, 0.05) is 13.5 Å². The molecule has 104 valence electrons. The van der Waals surface area contributed by atoms with Crippen molar-refractivity contribution < 1.29 is 12.0 Å². The van der Waals surface area contributed by atoms with Crippen LogP contribution in [0.15, 0.2) is 0 Å². The fourth-order valence-electron chi connectivity index (χ4n) is 1.73. The zero-order valence-electron chi connectivity index (χ0n) is 16.5. The van der Waals surface area contributed by atoms with Gasteiger partial charge in [-0.2, -0.15) is 0 Å². The van der Waals surface area contributed by atoms with E-state index in [2.05, 4.69) is 0 Å². The van der Waals surface area contributed by atoms with E-state index in [-0.39, 0.29) is 13.0 Å². The number of unbranched alkanes of at least 4 members (excludes halogenated alkanes) is 7. The van der Waals surface area contributed by atoms with Crippen LogP contribution < -0.4 is 0 Å². The van der Waals surface area contributed by atoms with E-state index >= 15 is 0 Å². The summed E-state index contributed by atoms with van der Waals surface area (Å²) in [6.07, 6.45) is 4.00. The predicted octanol–water partition coefficient (Wildman–Crippen LogP) is 5.46. The van der Waals surface area contributed by atoms with E-state index in [0.29, 0.717) is 12.8 Å².